The summed E-state index contributed by atoms with van der Waals surface area (Å²) in [6.07, 6.45) is 3.87. The minimum atomic E-state index is -0.152. The van der Waals surface area contributed by atoms with E-state index < -0.39 is 0 Å². The van der Waals surface area contributed by atoms with Crippen molar-refractivity contribution in [1.29, 1.82) is 0 Å². The average molecular weight is 412 g/mol. The molecule has 2 fully saturated rings. The number of amides is 1. The molecular weight excluding hydrogens is 382 g/mol. The molecule has 0 spiro atoms. The van der Waals surface area contributed by atoms with Crippen LogP contribution in [0, 0.1) is 20.8 Å². The number of hydrogen-bond acceptors (Lipinski definition) is 7. The maximum absolute atomic E-state index is 12.7. The van der Waals surface area contributed by atoms with Gasteiger partial charge in [0.05, 0.1) is 6.33 Å². The van der Waals surface area contributed by atoms with Crippen LogP contribution in [0.15, 0.2) is 17.2 Å². The van der Waals surface area contributed by atoms with Gasteiger partial charge in [-0.25, -0.2) is 15.0 Å². The third-order valence-corrected chi connectivity index (χ3v) is 6.02. The van der Waals surface area contributed by atoms with Crippen LogP contribution in [-0.4, -0.2) is 69.6 Å². The van der Waals surface area contributed by atoms with E-state index in [0.717, 1.165) is 30.5 Å². The first-order valence-electron chi connectivity index (χ1n) is 10.6. The molecule has 2 aromatic heterocycles. The lowest BCUT2D eigenvalue weighted by Crippen LogP contribution is -2.50. The molecular formula is C21H29N7O2. The number of rotatable bonds is 4. The summed E-state index contributed by atoms with van der Waals surface area (Å²) in [5.41, 5.74) is 1.13. The van der Waals surface area contributed by atoms with Gasteiger partial charge in [-0.15, -0.1) is 0 Å². The summed E-state index contributed by atoms with van der Waals surface area (Å²) in [5, 5.41) is 0. The van der Waals surface area contributed by atoms with Gasteiger partial charge >= 0.3 is 0 Å². The molecule has 9 heteroatoms. The van der Waals surface area contributed by atoms with Crippen molar-refractivity contribution in [2.75, 3.05) is 49.1 Å². The van der Waals surface area contributed by atoms with E-state index in [1.807, 2.05) is 11.8 Å². The third-order valence-electron chi connectivity index (χ3n) is 6.02. The Morgan fingerprint density at radius 1 is 0.933 bits per heavy atom. The summed E-state index contributed by atoms with van der Waals surface area (Å²) in [6.45, 7) is 10.2. The lowest BCUT2D eigenvalue weighted by molar-refractivity contribution is -0.132. The maximum atomic E-state index is 12.7. The highest BCUT2D eigenvalue weighted by Crippen LogP contribution is 2.23. The Balaban J connectivity index is 1.40. The van der Waals surface area contributed by atoms with Crippen molar-refractivity contribution in [2.45, 2.75) is 40.2 Å². The molecule has 2 saturated heterocycles. The average Bonchev–Trinajstić information content (AvgIpc) is 3.29. The van der Waals surface area contributed by atoms with Gasteiger partial charge in [-0.3, -0.25) is 14.2 Å². The molecule has 0 saturated carbocycles. The van der Waals surface area contributed by atoms with Crippen LogP contribution in [0.5, 0.6) is 0 Å². The molecule has 2 aromatic rings. The van der Waals surface area contributed by atoms with Crippen LogP contribution >= 0.6 is 0 Å². The Kier molecular flexibility index (Phi) is 5.69. The van der Waals surface area contributed by atoms with Gasteiger partial charge in [0.1, 0.15) is 24.0 Å². The van der Waals surface area contributed by atoms with Gasteiger partial charge in [0, 0.05) is 56.6 Å². The van der Waals surface area contributed by atoms with Crippen molar-refractivity contribution in [3.05, 3.63) is 39.8 Å². The molecule has 0 N–H and O–H groups in total. The monoisotopic (exact) mass is 411 g/mol. The molecule has 0 bridgehead atoms. The smallest absolute Gasteiger partial charge is 0.256 e. The van der Waals surface area contributed by atoms with Gasteiger partial charge in [0.2, 0.25) is 5.91 Å². The summed E-state index contributed by atoms with van der Waals surface area (Å²) >= 11 is 0. The zero-order valence-electron chi connectivity index (χ0n) is 18.0. The SMILES string of the molecule is Cc1nc(N2CCCC2)cc(N2CCN(C(=O)Cn3cnc(C)c(C)c3=O)CC2)n1. The fraction of sp³-hybridized carbons (Fsp3) is 0.571. The molecule has 0 aromatic carbocycles. The quantitative estimate of drug-likeness (QED) is 0.739. The minimum Gasteiger partial charge on any atom is -0.356 e. The van der Waals surface area contributed by atoms with Crippen molar-refractivity contribution in [3.8, 4) is 0 Å². The molecule has 4 heterocycles. The van der Waals surface area contributed by atoms with Crippen LogP contribution in [0.4, 0.5) is 11.6 Å². The molecule has 0 radical (unpaired) electrons. The molecule has 0 aliphatic carbocycles. The van der Waals surface area contributed by atoms with Crippen molar-refractivity contribution in [2.24, 2.45) is 0 Å². The number of hydrogen-bond donors (Lipinski definition) is 0. The van der Waals surface area contributed by atoms with Gasteiger partial charge in [-0.1, -0.05) is 0 Å². The van der Waals surface area contributed by atoms with Crippen LogP contribution in [-0.2, 0) is 11.3 Å². The highest BCUT2D eigenvalue weighted by molar-refractivity contribution is 5.76. The molecule has 2 aliphatic rings. The van der Waals surface area contributed by atoms with E-state index >= 15 is 0 Å². The number of carbonyl (C=O) groups is 1. The van der Waals surface area contributed by atoms with E-state index in [1.165, 1.54) is 23.7 Å². The largest absolute Gasteiger partial charge is 0.356 e. The Bertz CT molecular complexity index is 989. The van der Waals surface area contributed by atoms with E-state index in [4.69, 9.17) is 0 Å². The number of anilines is 2. The Morgan fingerprint density at radius 3 is 2.17 bits per heavy atom. The zero-order valence-corrected chi connectivity index (χ0v) is 18.0. The Morgan fingerprint density at radius 2 is 1.53 bits per heavy atom. The first-order valence-corrected chi connectivity index (χ1v) is 10.6. The fourth-order valence-electron chi connectivity index (χ4n) is 4.03. The number of aryl methyl sites for hydroxylation is 2. The standard InChI is InChI=1S/C21H29N7O2/c1-15-16(2)22-14-28(21(15)30)13-20(29)27-10-8-26(9-11-27)19-12-18(23-17(3)24-19)25-6-4-5-7-25/h12,14H,4-11,13H2,1-3H3. The highest BCUT2D eigenvalue weighted by Gasteiger charge is 2.24. The van der Waals surface area contributed by atoms with Crippen LogP contribution < -0.4 is 15.4 Å². The van der Waals surface area contributed by atoms with E-state index in [2.05, 4.69) is 30.8 Å². The van der Waals surface area contributed by atoms with Crippen LogP contribution in [0.25, 0.3) is 0 Å². The molecule has 9 nitrogen and oxygen atoms in total. The normalized spacial score (nSPS) is 17.0. The van der Waals surface area contributed by atoms with Crippen LogP contribution in [0.1, 0.15) is 29.9 Å². The van der Waals surface area contributed by atoms with E-state index in [9.17, 15) is 9.59 Å². The fourth-order valence-corrected chi connectivity index (χ4v) is 4.03. The summed E-state index contributed by atoms with van der Waals surface area (Å²) in [4.78, 5) is 44.8. The summed E-state index contributed by atoms with van der Waals surface area (Å²) in [5.74, 6) is 2.63. The first kappa shape index (κ1) is 20.3. The maximum Gasteiger partial charge on any atom is 0.256 e. The number of carbonyl (C=O) groups excluding carboxylic acids is 1. The number of piperazine rings is 1. The molecule has 0 atom stereocenters. The zero-order chi connectivity index (χ0) is 21.3. The molecule has 30 heavy (non-hydrogen) atoms. The summed E-state index contributed by atoms with van der Waals surface area (Å²) < 4.78 is 1.40. The van der Waals surface area contributed by atoms with Crippen molar-refractivity contribution < 1.29 is 4.79 Å². The van der Waals surface area contributed by atoms with E-state index in [0.29, 0.717) is 37.4 Å². The number of aromatic nitrogens is 4. The van der Waals surface area contributed by atoms with Crippen molar-refractivity contribution in [3.63, 3.8) is 0 Å². The Hall–Kier alpha value is -2.97. The van der Waals surface area contributed by atoms with Gasteiger partial charge in [-0.2, -0.15) is 0 Å². The lowest BCUT2D eigenvalue weighted by Gasteiger charge is -2.36. The topological polar surface area (TPSA) is 87.5 Å². The van der Waals surface area contributed by atoms with Crippen molar-refractivity contribution >= 4 is 17.5 Å². The number of nitrogens with zero attached hydrogens (tertiary/aromatic N) is 7. The van der Waals surface area contributed by atoms with Gasteiger partial charge in [0.25, 0.3) is 5.56 Å². The molecule has 1 amide bonds. The van der Waals surface area contributed by atoms with E-state index in [-0.39, 0.29) is 18.0 Å². The van der Waals surface area contributed by atoms with Crippen LogP contribution in [0.2, 0.25) is 0 Å². The van der Waals surface area contributed by atoms with Gasteiger partial charge in [0.15, 0.2) is 0 Å². The Labute approximate surface area is 176 Å². The first-order chi connectivity index (χ1) is 14.4. The van der Waals surface area contributed by atoms with Crippen molar-refractivity contribution in [1.82, 2.24) is 24.4 Å². The van der Waals surface area contributed by atoms with Crippen LogP contribution in [0.3, 0.4) is 0 Å². The van der Waals surface area contributed by atoms with E-state index in [1.54, 1.807) is 13.8 Å². The molecule has 2 aliphatic heterocycles. The second-order valence-electron chi connectivity index (χ2n) is 8.08. The third kappa shape index (κ3) is 4.15. The second-order valence-corrected chi connectivity index (χ2v) is 8.08. The predicted molar refractivity (Wildman–Crippen MR) is 115 cm³/mol. The minimum absolute atomic E-state index is 0.0265. The summed E-state index contributed by atoms with van der Waals surface area (Å²) in [7, 11) is 0. The predicted octanol–water partition coefficient (Wildman–Crippen LogP) is 0.908. The summed E-state index contributed by atoms with van der Waals surface area (Å²) in [6, 6.07) is 2.07. The second kappa shape index (κ2) is 8.41. The molecule has 160 valence electrons. The van der Waals surface area contributed by atoms with Gasteiger partial charge in [-0.05, 0) is 33.6 Å². The lowest BCUT2D eigenvalue weighted by atomic mass is 10.2. The van der Waals surface area contributed by atoms with Gasteiger partial charge < -0.3 is 14.7 Å². The molecule has 4 rings (SSSR count). The molecule has 0 unspecified atom stereocenters. The highest BCUT2D eigenvalue weighted by atomic mass is 16.2.